The van der Waals surface area contributed by atoms with Gasteiger partial charge in [-0.1, -0.05) is 156 Å². The van der Waals surface area contributed by atoms with Gasteiger partial charge in [-0.2, -0.15) is 0 Å². The van der Waals surface area contributed by atoms with Crippen molar-refractivity contribution >= 4 is 22.6 Å². The number of hydrogen-bond acceptors (Lipinski definition) is 1. The highest BCUT2D eigenvalue weighted by molar-refractivity contribution is 6.57. The third-order valence-corrected chi connectivity index (χ3v) is 10.1. The molecule has 0 aliphatic carbocycles. The molecular formula is C37H35BN2Si. The molecule has 0 fully saturated rings. The smallest absolute Gasteiger partial charge is 0.0965 e. The molecule has 0 amide bonds. The van der Waals surface area contributed by atoms with E-state index in [1.54, 1.807) is 0 Å². The molecule has 0 aliphatic heterocycles. The van der Waals surface area contributed by atoms with Gasteiger partial charge in [-0.25, -0.2) is 4.98 Å². The van der Waals surface area contributed by atoms with E-state index in [1.165, 1.54) is 27.4 Å². The minimum Gasteiger partial charge on any atom is -0.326 e. The average molecular weight is 547 g/mol. The van der Waals surface area contributed by atoms with E-state index < -0.39 is 9.52 Å². The summed E-state index contributed by atoms with van der Waals surface area (Å²) in [6.45, 7) is 4.34. The van der Waals surface area contributed by atoms with Crippen LogP contribution in [0.15, 0.2) is 158 Å². The van der Waals surface area contributed by atoms with Crippen LogP contribution in [-0.2, 0) is 5.16 Å². The summed E-state index contributed by atoms with van der Waals surface area (Å²) in [6.07, 6.45) is 5.97. The molecule has 4 heteroatoms. The van der Waals surface area contributed by atoms with Crippen LogP contribution in [0.5, 0.6) is 0 Å². The van der Waals surface area contributed by atoms with E-state index in [4.69, 9.17) is 7.85 Å². The number of aryl methyl sites for hydroxylation is 2. The van der Waals surface area contributed by atoms with Gasteiger partial charge in [-0.15, -0.1) is 0 Å². The van der Waals surface area contributed by atoms with Crippen LogP contribution in [0.1, 0.15) is 39.2 Å². The largest absolute Gasteiger partial charge is 0.326 e. The molecule has 2 radical (unpaired) electrons. The molecule has 2 nitrogen and oxygen atoms in total. The van der Waals surface area contributed by atoms with Crippen LogP contribution in [0.3, 0.4) is 0 Å². The summed E-state index contributed by atoms with van der Waals surface area (Å²) in [5.41, 5.74) is 7.54. The van der Waals surface area contributed by atoms with E-state index in [0.717, 1.165) is 11.1 Å². The van der Waals surface area contributed by atoms with Gasteiger partial charge < -0.3 is 4.57 Å². The van der Waals surface area contributed by atoms with Crippen molar-refractivity contribution in [2.24, 2.45) is 0 Å². The Morgan fingerprint density at radius 3 is 1.56 bits per heavy atom. The number of nitrogens with zero attached hydrogens (tertiary/aromatic N) is 2. The first-order chi connectivity index (χ1) is 20.1. The maximum Gasteiger partial charge on any atom is 0.0965 e. The molecule has 41 heavy (non-hydrogen) atoms. The number of rotatable bonds is 7. The van der Waals surface area contributed by atoms with Crippen LogP contribution >= 0.6 is 0 Å². The molecular weight excluding hydrogens is 511 g/mol. The van der Waals surface area contributed by atoms with Crippen molar-refractivity contribution in [2.45, 2.75) is 24.8 Å². The molecule has 0 spiro atoms. The van der Waals surface area contributed by atoms with Crippen LogP contribution < -0.4 is 5.19 Å². The second-order valence-corrected chi connectivity index (χ2v) is 12.7. The summed E-state index contributed by atoms with van der Waals surface area (Å²) in [7, 11) is 5.34. The van der Waals surface area contributed by atoms with Crippen molar-refractivity contribution < 1.29 is 0 Å². The second kappa shape index (κ2) is 13.3. The molecule has 6 aromatic rings. The first-order valence-electron chi connectivity index (χ1n) is 14.1. The molecule has 1 aromatic heterocycles. The Morgan fingerprint density at radius 2 is 1.12 bits per heavy atom. The Labute approximate surface area is 248 Å². The van der Waals surface area contributed by atoms with E-state index in [-0.39, 0.29) is 11.0 Å². The predicted molar refractivity (Wildman–Crippen MR) is 176 cm³/mol. The quantitative estimate of drug-likeness (QED) is 0.204. The first-order valence-corrected chi connectivity index (χ1v) is 15.5. The van der Waals surface area contributed by atoms with Gasteiger partial charge in [0.15, 0.2) is 0 Å². The van der Waals surface area contributed by atoms with Gasteiger partial charge in [0.05, 0.1) is 28.9 Å². The fourth-order valence-electron chi connectivity index (χ4n) is 5.45. The van der Waals surface area contributed by atoms with E-state index in [2.05, 4.69) is 133 Å². The van der Waals surface area contributed by atoms with Crippen LogP contribution in [0.25, 0.3) is 0 Å². The summed E-state index contributed by atoms with van der Waals surface area (Å²) >= 11 is 0. The van der Waals surface area contributed by atoms with Gasteiger partial charge in [0.25, 0.3) is 0 Å². The summed E-state index contributed by atoms with van der Waals surface area (Å²) in [6, 6.07) is 49.1. The summed E-state index contributed by atoms with van der Waals surface area (Å²) in [5.74, 6) is -0.0163. The van der Waals surface area contributed by atoms with Gasteiger partial charge in [-0.05, 0) is 41.9 Å². The van der Waals surface area contributed by atoms with Gasteiger partial charge in [0, 0.05) is 12.4 Å². The standard InChI is InChI=1S/C24H24N2Si.C13H11B/c1-19-8-6-10-21(16-19)24(26-15-14-25-18-26,22-11-7-9-20(2)17-22)27-23-12-4-3-5-13-23;14-13(11-7-3-1-4-8-11)12-9-5-2-6-10-12/h3-18H,27H2,1-2H3;1-10,13H. The van der Waals surface area contributed by atoms with Crippen molar-refractivity contribution in [1.29, 1.82) is 0 Å². The lowest BCUT2D eigenvalue weighted by atomic mass is 9.76. The Bertz CT molecular complexity index is 1550. The van der Waals surface area contributed by atoms with Gasteiger partial charge in [0.2, 0.25) is 0 Å². The van der Waals surface area contributed by atoms with E-state index >= 15 is 0 Å². The Hall–Kier alpha value is -4.41. The Kier molecular flexibility index (Phi) is 9.12. The van der Waals surface area contributed by atoms with Crippen molar-refractivity contribution in [3.63, 3.8) is 0 Å². The highest BCUT2D eigenvalue weighted by atomic mass is 28.2. The number of imidazole rings is 1. The molecule has 5 aromatic carbocycles. The topological polar surface area (TPSA) is 17.8 Å². The molecule has 0 aliphatic rings. The first kappa shape index (κ1) is 28.1. The Morgan fingerprint density at radius 1 is 0.634 bits per heavy atom. The molecule has 0 atom stereocenters. The maximum absolute atomic E-state index is 6.12. The molecule has 0 unspecified atom stereocenters. The number of hydrogen-bond donors (Lipinski definition) is 0. The normalized spacial score (nSPS) is 11.4. The molecule has 6 rings (SSSR count). The average Bonchev–Trinajstić information content (AvgIpc) is 3.57. The maximum atomic E-state index is 6.12. The van der Waals surface area contributed by atoms with Crippen molar-refractivity contribution in [3.8, 4) is 0 Å². The van der Waals surface area contributed by atoms with Gasteiger partial charge in [-0.3, -0.25) is 0 Å². The SMILES string of the molecule is Cc1cccc(C([SiH2]c2ccccc2)(c2cccc(C)c2)n2ccnc2)c1.[B]C(c1ccccc1)c1ccccc1. The third-order valence-electron chi connectivity index (χ3n) is 7.56. The monoisotopic (exact) mass is 546 g/mol. The lowest BCUT2D eigenvalue weighted by Gasteiger charge is -2.37. The fourth-order valence-corrected chi connectivity index (χ4v) is 7.77. The summed E-state index contributed by atoms with van der Waals surface area (Å²) in [5, 5.41) is 1.23. The minimum absolute atomic E-state index is 0.0163. The van der Waals surface area contributed by atoms with Gasteiger partial charge in [0.1, 0.15) is 0 Å². The van der Waals surface area contributed by atoms with Crippen LogP contribution in [0.2, 0.25) is 0 Å². The predicted octanol–water partition coefficient (Wildman–Crippen LogP) is 6.69. The minimum atomic E-state index is -0.779. The van der Waals surface area contributed by atoms with Crippen LogP contribution in [-0.4, -0.2) is 26.9 Å². The van der Waals surface area contributed by atoms with Gasteiger partial charge >= 0.3 is 0 Å². The summed E-state index contributed by atoms with van der Waals surface area (Å²) < 4.78 is 2.32. The number of aromatic nitrogens is 2. The Balaban J connectivity index is 0.000000202. The van der Waals surface area contributed by atoms with E-state index in [9.17, 15) is 0 Å². The molecule has 0 bridgehead atoms. The van der Waals surface area contributed by atoms with E-state index in [1.807, 2.05) is 48.9 Å². The van der Waals surface area contributed by atoms with Crippen molar-refractivity contribution in [1.82, 2.24) is 9.55 Å². The number of benzene rings is 5. The third kappa shape index (κ3) is 6.67. The summed E-state index contributed by atoms with van der Waals surface area (Å²) in [4.78, 5) is 4.41. The molecule has 0 saturated heterocycles. The van der Waals surface area contributed by atoms with Crippen molar-refractivity contribution in [2.75, 3.05) is 0 Å². The molecule has 0 saturated carbocycles. The lowest BCUT2D eigenvalue weighted by molar-refractivity contribution is 0.596. The highest BCUT2D eigenvalue weighted by Gasteiger charge is 2.36. The fraction of sp³-hybridized carbons (Fsp3) is 0.108. The zero-order valence-electron chi connectivity index (χ0n) is 23.8. The van der Waals surface area contributed by atoms with E-state index in [0.29, 0.717) is 0 Å². The van der Waals surface area contributed by atoms with Crippen molar-refractivity contribution in [3.05, 3.63) is 192 Å². The van der Waals surface area contributed by atoms with Crippen LogP contribution in [0, 0.1) is 13.8 Å². The van der Waals surface area contributed by atoms with Crippen LogP contribution in [0.4, 0.5) is 0 Å². The zero-order chi connectivity index (χ0) is 28.5. The molecule has 1 heterocycles. The second-order valence-electron chi connectivity index (χ2n) is 10.5. The zero-order valence-corrected chi connectivity index (χ0v) is 25.2. The molecule has 0 N–H and O–H groups in total. The highest BCUT2D eigenvalue weighted by Crippen LogP contribution is 2.34. The lowest BCUT2D eigenvalue weighted by Crippen LogP contribution is -2.46. The molecule has 200 valence electrons.